The minimum Gasteiger partial charge on any atom is -0.436 e. The number of para-hydroxylation sites is 3. The third-order valence-electron chi connectivity index (χ3n) is 3.11. The molecule has 0 bridgehead atoms. The van der Waals surface area contributed by atoms with Gasteiger partial charge in [-0.05, 0) is 36.4 Å². The van der Waals surface area contributed by atoms with Crippen molar-refractivity contribution >= 4 is 15.0 Å². The highest BCUT2D eigenvalue weighted by molar-refractivity contribution is 8.21. The molecule has 0 spiro atoms. The topological polar surface area (TPSA) is 61.8 Å². The van der Waals surface area contributed by atoms with Crippen molar-refractivity contribution < 1.29 is 22.7 Å². The van der Waals surface area contributed by atoms with Gasteiger partial charge < -0.3 is 13.6 Å². The minimum atomic E-state index is -4.10. The fourth-order valence-electron chi connectivity index (χ4n) is 1.98. The van der Waals surface area contributed by atoms with E-state index in [4.69, 9.17) is 13.6 Å². The van der Waals surface area contributed by atoms with Gasteiger partial charge in [-0.1, -0.05) is 54.6 Å². The Balaban J connectivity index is 1.87. The predicted octanol–water partition coefficient (Wildman–Crippen LogP) is 5.81. The van der Waals surface area contributed by atoms with Gasteiger partial charge in [0.1, 0.15) is 17.2 Å². The molecule has 3 aromatic carbocycles. The highest BCUT2D eigenvalue weighted by atomic mass is 32.1. The van der Waals surface area contributed by atoms with Crippen LogP contribution in [0.4, 0.5) is 0 Å². The summed E-state index contributed by atoms with van der Waals surface area (Å²) in [5.74, 6) is 0.911. The summed E-state index contributed by atoms with van der Waals surface area (Å²) in [5, 5.41) is 0. The van der Waals surface area contributed by atoms with Crippen molar-refractivity contribution in [2.45, 2.75) is 0 Å². The van der Waals surface area contributed by atoms with Crippen LogP contribution in [0.3, 0.4) is 0 Å². The molecule has 1 atom stereocenters. The zero-order valence-electron chi connectivity index (χ0n) is 13.1. The molecule has 5 nitrogen and oxygen atoms in total. The van der Waals surface area contributed by atoms with E-state index in [0.29, 0.717) is 5.75 Å². The Bertz CT molecular complexity index is 824. The van der Waals surface area contributed by atoms with Crippen molar-refractivity contribution in [3.8, 4) is 17.2 Å². The third kappa shape index (κ3) is 4.76. The summed E-state index contributed by atoms with van der Waals surface area (Å²) in [5.41, 5.74) is 0. The lowest BCUT2D eigenvalue weighted by molar-refractivity contribution is 0.395. The van der Waals surface area contributed by atoms with Crippen molar-refractivity contribution in [3.05, 3.63) is 91.0 Å². The highest BCUT2D eigenvalue weighted by Gasteiger charge is 2.38. The zero-order valence-corrected chi connectivity index (χ0v) is 15.0. The Hall–Kier alpha value is -2.48. The second-order valence-electron chi connectivity index (χ2n) is 4.99. The lowest BCUT2D eigenvalue weighted by atomic mass is 10.3. The third-order valence-corrected chi connectivity index (χ3v) is 7.03. The first kappa shape index (κ1) is 17.3. The van der Waals surface area contributed by atoms with Gasteiger partial charge >= 0.3 is 15.0 Å². The van der Waals surface area contributed by atoms with Crippen LogP contribution in [0.5, 0.6) is 17.2 Å². The molecular weight excluding hydrogens is 358 g/mol. The number of hydrogen-bond acceptors (Lipinski definition) is 5. The average Bonchev–Trinajstić information content (AvgIpc) is 2.64. The molecule has 7 heteroatoms. The molecule has 0 heterocycles. The summed E-state index contributed by atoms with van der Waals surface area (Å²) in [4.78, 5) is 0. The Labute approximate surface area is 146 Å². The maximum Gasteiger partial charge on any atom is 0.521 e. The zero-order chi connectivity index (χ0) is 17.5. The second kappa shape index (κ2) is 8.06. The lowest BCUT2D eigenvalue weighted by Gasteiger charge is -2.19. The number of hydrogen-bond donors (Lipinski definition) is 0. The summed E-state index contributed by atoms with van der Waals surface area (Å²) in [7, 11) is -7.31. The molecule has 1 unspecified atom stereocenters. The lowest BCUT2D eigenvalue weighted by Crippen LogP contribution is -2.00. The van der Waals surface area contributed by atoms with Crippen molar-refractivity contribution in [2.24, 2.45) is 0 Å². The molecular formula is C18H16O5P2. The molecule has 3 aromatic rings. The van der Waals surface area contributed by atoms with E-state index in [2.05, 4.69) is 0 Å². The standard InChI is InChI=1S/C18H16O5P2/c19-24(21-16-10-4-1-5-11-16)25(20,22-17-12-6-2-7-13-17)23-18-14-8-3-9-15-18/h1-15,24H. The first-order chi connectivity index (χ1) is 12.2. The summed E-state index contributed by atoms with van der Waals surface area (Å²) in [6, 6.07) is 25.4. The van der Waals surface area contributed by atoms with Gasteiger partial charge in [0, 0.05) is 0 Å². The Morgan fingerprint density at radius 2 is 0.960 bits per heavy atom. The monoisotopic (exact) mass is 374 g/mol. The van der Waals surface area contributed by atoms with Crippen LogP contribution in [0.2, 0.25) is 0 Å². The first-order valence-corrected chi connectivity index (χ1v) is 11.2. The molecule has 25 heavy (non-hydrogen) atoms. The van der Waals surface area contributed by atoms with Gasteiger partial charge in [0.05, 0.1) is 0 Å². The summed E-state index contributed by atoms with van der Waals surface area (Å²) in [6.45, 7) is 0. The SMILES string of the molecule is O=[PH](Oc1ccccc1)P(=O)(Oc1ccccc1)Oc1ccccc1. The molecule has 0 aliphatic heterocycles. The van der Waals surface area contributed by atoms with Crippen LogP contribution in [0.1, 0.15) is 0 Å². The number of benzene rings is 3. The van der Waals surface area contributed by atoms with Crippen LogP contribution < -0.4 is 13.6 Å². The predicted molar refractivity (Wildman–Crippen MR) is 97.8 cm³/mol. The van der Waals surface area contributed by atoms with Gasteiger partial charge in [-0.25, -0.2) is 4.57 Å². The van der Waals surface area contributed by atoms with E-state index < -0.39 is 15.0 Å². The van der Waals surface area contributed by atoms with Crippen LogP contribution in [0.15, 0.2) is 91.0 Å². The van der Waals surface area contributed by atoms with Gasteiger partial charge in [0.25, 0.3) is 0 Å². The molecule has 0 radical (unpaired) electrons. The van der Waals surface area contributed by atoms with Crippen LogP contribution >= 0.6 is 15.0 Å². The van der Waals surface area contributed by atoms with E-state index >= 15 is 0 Å². The fraction of sp³-hybridized carbons (Fsp3) is 0. The summed E-state index contributed by atoms with van der Waals surface area (Å²) < 4.78 is 42.2. The number of rotatable bonds is 7. The molecule has 0 aromatic heterocycles. The van der Waals surface area contributed by atoms with Crippen molar-refractivity contribution in [1.82, 2.24) is 0 Å². The van der Waals surface area contributed by atoms with Crippen molar-refractivity contribution in [1.29, 1.82) is 0 Å². The first-order valence-electron chi connectivity index (χ1n) is 7.52. The van der Waals surface area contributed by atoms with Crippen LogP contribution in [0.25, 0.3) is 0 Å². The quantitative estimate of drug-likeness (QED) is 0.489. The highest BCUT2D eigenvalue weighted by Crippen LogP contribution is 2.68. The van der Waals surface area contributed by atoms with Crippen LogP contribution in [-0.4, -0.2) is 0 Å². The molecule has 0 aliphatic rings. The Morgan fingerprint density at radius 1 is 0.600 bits per heavy atom. The molecule has 3 rings (SSSR count). The molecule has 128 valence electrons. The normalized spacial score (nSPS) is 12.2. The van der Waals surface area contributed by atoms with E-state index in [1.807, 2.05) is 0 Å². The summed E-state index contributed by atoms with van der Waals surface area (Å²) >= 11 is 0. The van der Waals surface area contributed by atoms with E-state index in [1.54, 1.807) is 91.0 Å². The molecule has 0 amide bonds. The van der Waals surface area contributed by atoms with Crippen molar-refractivity contribution in [2.75, 3.05) is 0 Å². The molecule has 0 N–H and O–H groups in total. The average molecular weight is 374 g/mol. The van der Waals surface area contributed by atoms with Gasteiger partial charge in [0.2, 0.25) is 0 Å². The largest absolute Gasteiger partial charge is 0.521 e. The van der Waals surface area contributed by atoms with Gasteiger partial charge in [-0.2, -0.15) is 0 Å². The maximum absolute atomic E-state index is 13.2. The van der Waals surface area contributed by atoms with E-state index in [-0.39, 0.29) is 11.5 Å². The van der Waals surface area contributed by atoms with Crippen LogP contribution in [-0.2, 0) is 9.13 Å². The Morgan fingerprint density at radius 3 is 1.36 bits per heavy atom. The fourth-order valence-corrected chi connectivity index (χ4v) is 5.14. The Kier molecular flexibility index (Phi) is 5.60. The van der Waals surface area contributed by atoms with Gasteiger partial charge in [-0.15, -0.1) is 0 Å². The second-order valence-corrected chi connectivity index (χ2v) is 9.82. The molecule has 0 fully saturated rings. The van der Waals surface area contributed by atoms with Crippen molar-refractivity contribution in [3.63, 3.8) is 0 Å². The maximum atomic E-state index is 13.2. The van der Waals surface area contributed by atoms with Gasteiger partial charge in [0.15, 0.2) is 0 Å². The minimum absolute atomic E-state index is 0.289. The smallest absolute Gasteiger partial charge is 0.436 e. The van der Waals surface area contributed by atoms with Crippen LogP contribution in [0, 0.1) is 0 Å². The summed E-state index contributed by atoms with van der Waals surface area (Å²) in [6.07, 6.45) is 0. The molecule has 0 saturated heterocycles. The molecule has 0 aliphatic carbocycles. The van der Waals surface area contributed by atoms with E-state index in [9.17, 15) is 9.13 Å². The van der Waals surface area contributed by atoms with E-state index in [1.165, 1.54) is 0 Å². The van der Waals surface area contributed by atoms with Gasteiger partial charge in [-0.3, -0.25) is 4.57 Å². The molecule has 0 saturated carbocycles. The van der Waals surface area contributed by atoms with E-state index in [0.717, 1.165) is 0 Å².